The first kappa shape index (κ1) is 23.1. The second-order valence-corrected chi connectivity index (χ2v) is 22.3. The Hall–Kier alpha value is -1.20. The fourth-order valence-electron chi connectivity index (χ4n) is 3.57. The molecule has 1 aliphatic rings. The highest BCUT2D eigenvalue weighted by Crippen LogP contribution is 2.26. The fourth-order valence-corrected chi connectivity index (χ4v) is 16.1. The van der Waals surface area contributed by atoms with Gasteiger partial charge in [0.05, 0.1) is 12.1 Å². The second kappa shape index (κ2) is 8.66. The van der Waals surface area contributed by atoms with Crippen LogP contribution in [0.2, 0.25) is 51.9 Å². The number of rotatable bonds is 8. The van der Waals surface area contributed by atoms with Gasteiger partial charge in [0, 0.05) is 17.7 Å². The van der Waals surface area contributed by atoms with Crippen LogP contribution in [0.25, 0.3) is 0 Å². The van der Waals surface area contributed by atoms with E-state index in [-0.39, 0.29) is 18.0 Å². The van der Waals surface area contributed by atoms with Crippen LogP contribution in [-0.2, 0) is 8.23 Å². The Labute approximate surface area is 172 Å². The van der Waals surface area contributed by atoms with Crippen LogP contribution < -0.4 is 0 Å². The molecule has 28 heavy (non-hydrogen) atoms. The van der Waals surface area contributed by atoms with Gasteiger partial charge < -0.3 is 8.23 Å². The van der Waals surface area contributed by atoms with Crippen molar-refractivity contribution < 1.29 is 17.8 Å². The third-order valence-electron chi connectivity index (χ3n) is 4.20. The van der Waals surface area contributed by atoms with Gasteiger partial charge in [0.25, 0.3) is 0 Å². The molecule has 5 nitrogen and oxygen atoms in total. The minimum Gasteiger partial charge on any atom is -0.437 e. The summed E-state index contributed by atoms with van der Waals surface area (Å²) in [4.78, 5) is 29.4. The topological polar surface area (TPSA) is 65.0 Å². The molecule has 8 heteroatoms. The second-order valence-electron chi connectivity index (χ2n) is 9.47. The lowest BCUT2D eigenvalue weighted by Crippen LogP contribution is -2.52. The predicted molar refractivity (Wildman–Crippen MR) is 122 cm³/mol. The smallest absolute Gasteiger partial charge is 0.314 e. The Balaban J connectivity index is 2.04. The summed E-state index contributed by atoms with van der Waals surface area (Å²) in [6.07, 6.45) is 0.894. The van der Waals surface area contributed by atoms with Gasteiger partial charge in [-0.05, 0) is 58.3 Å². The van der Waals surface area contributed by atoms with Crippen LogP contribution in [0, 0.1) is 0 Å². The number of nitrogens with zero attached hydrogens (tertiary/aromatic N) is 1. The van der Waals surface area contributed by atoms with Crippen molar-refractivity contribution in [1.29, 1.82) is 0 Å². The Morgan fingerprint density at radius 1 is 0.893 bits per heavy atom. The van der Waals surface area contributed by atoms with E-state index in [2.05, 4.69) is 50.8 Å². The number of carbonyl (C=O) groups excluding carboxylic acids is 2. The molecule has 0 aliphatic heterocycles. The van der Waals surface area contributed by atoms with E-state index in [4.69, 9.17) is 8.23 Å². The van der Waals surface area contributed by atoms with Crippen molar-refractivity contribution in [1.82, 2.24) is 0 Å². The lowest BCUT2D eigenvalue weighted by molar-refractivity contribution is 0.0964. The third-order valence-corrected chi connectivity index (χ3v) is 13.8. The molecule has 0 saturated carbocycles. The van der Waals surface area contributed by atoms with Gasteiger partial charge in [-0.25, -0.2) is 0 Å². The molecule has 0 radical (unpaired) electrons. The van der Waals surface area contributed by atoms with Crippen LogP contribution in [0.1, 0.15) is 33.6 Å². The van der Waals surface area contributed by atoms with Crippen molar-refractivity contribution in [2.24, 2.45) is 4.99 Å². The maximum atomic E-state index is 12.6. The zero-order chi connectivity index (χ0) is 21.2. The monoisotopic (exact) mass is 435 g/mol. The van der Waals surface area contributed by atoms with E-state index in [9.17, 15) is 9.59 Å². The van der Waals surface area contributed by atoms with Crippen molar-refractivity contribution in [2.45, 2.75) is 64.7 Å². The molecule has 0 atom stereocenters. The molecule has 0 N–H and O–H groups in total. The highest BCUT2D eigenvalue weighted by Gasteiger charge is 2.39. The first-order valence-corrected chi connectivity index (χ1v) is 19.2. The highest BCUT2D eigenvalue weighted by atomic mass is 28.5. The number of fused-ring (bicyclic) bond motifs is 1. The predicted octanol–water partition coefficient (Wildman–Crippen LogP) is 5.06. The number of ketones is 2. The molecule has 0 saturated heterocycles. The minimum atomic E-state index is -2.29. The van der Waals surface area contributed by atoms with Gasteiger partial charge in [0.1, 0.15) is 0 Å². The number of hydrogen-bond donors (Lipinski definition) is 0. The molecule has 0 spiro atoms. The average molecular weight is 436 g/mol. The quantitative estimate of drug-likeness (QED) is 0.423. The summed E-state index contributed by atoms with van der Waals surface area (Å²) in [5, 5.41) is 0. The van der Waals surface area contributed by atoms with E-state index < -0.39 is 25.2 Å². The van der Waals surface area contributed by atoms with Gasteiger partial charge in [0.15, 0.2) is 22.4 Å². The summed E-state index contributed by atoms with van der Waals surface area (Å²) in [5.74, 6) is -0.149. The molecule has 1 aromatic rings. The van der Waals surface area contributed by atoms with Gasteiger partial charge in [-0.1, -0.05) is 24.3 Å². The molecule has 0 heterocycles. The molecule has 0 fully saturated rings. The minimum absolute atomic E-state index is 0.0303. The maximum Gasteiger partial charge on any atom is 0.314 e. The average Bonchev–Trinajstić information content (AvgIpc) is 2.52. The zero-order valence-electron chi connectivity index (χ0n) is 18.2. The molecule has 0 bridgehead atoms. The van der Waals surface area contributed by atoms with E-state index in [1.165, 1.54) is 0 Å². The van der Waals surface area contributed by atoms with Gasteiger partial charge in [-0.15, -0.1) is 0 Å². The van der Waals surface area contributed by atoms with Crippen molar-refractivity contribution in [3.63, 3.8) is 0 Å². The summed E-state index contributed by atoms with van der Waals surface area (Å²) < 4.78 is 13.0. The Morgan fingerprint density at radius 2 is 1.43 bits per heavy atom. The summed E-state index contributed by atoms with van der Waals surface area (Å²) in [6, 6.07) is 7.83. The first-order valence-electron chi connectivity index (χ1n) is 9.90. The van der Waals surface area contributed by atoms with Gasteiger partial charge in [-0.2, -0.15) is 0 Å². The van der Waals surface area contributed by atoms with E-state index >= 15 is 0 Å². The summed E-state index contributed by atoms with van der Waals surface area (Å²) in [6.45, 7) is 15.8. The fraction of sp³-hybridized carbons (Fsp3) is 0.550. The van der Waals surface area contributed by atoms with E-state index in [1.807, 2.05) is 0 Å². The van der Waals surface area contributed by atoms with Crippen molar-refractivity contribution >= 4 is 42.5 Å². The molecule has 1 aliphatic carbocycles. The third kappa shape index (κ3) is 6.70. The molecule has 1 aromatic carbocycles. The van der Waals surface area contributed by atoms with Crippen LogP contribution in [0.4, 0.5) is 0 Å². The molecule has 0 aromatic heterocycles. The van der Waals surface area contributed by atoms with E-state index in [0.29, 0.717) is 23.4 Å². The summed E-state index contributed by atoms with van der Waals surface area (Å²) >= 11 is 0. The van der Waals surface area contributed by atoms with E-state index in [0.717, 1.165) is 12.5 Å². The number of benzene rings is 1. The number of aliphatic imine (C=N–C) groups is 1. The van der Waals surface area contributed by atoms with Gasteiger partial charge in [0.2, 0.25) is 5.78 Å². The number of Topliss-reactive ketones (excluding diaryl/α,β-unsaturated/α-hetero) is 2. The molecule has 2 rings (SSSR count). The largest absolute Gasteiger partial charge is 0.437 e. The lowest BCUT2D eigenvalue weighted by Gasteiger charge is -2.38. The van der Waals surface area contributed by atoms with Crippen molar-refractivity contribution in [3.05, 3.63) is 35.4 Å². The lowest BCUT2D eigenvalue weighted by atomic mass is 9.88. The standard InChI is InChI=1S/C20H33NO4Si3/c1-26(2,3)24-28(7,25-27(4,5)6)14-10-13-21-18-15-19(22)16-11-8-9-12-17(16)20(18)23/h8-9,11-12H,10,13-15H2,1-7H3. The molecule has 154 valence electrons. The number of carbonyl (C=O) groups is 2. The van der Waals surface area contributed by atoms with E-state index in [1.54, 1.807) is 24.3 Å². The van der Waals surface area contributed by atoms with Crippen LogP contribution >= 0.6 is 0 Å². The van der Waals surface area contributed by atoms with Gasteiger partial charge >= 0.3 is 8.56 Å². The molecular weight excluding hydrogens is 402 g/mol. The molecule has 0 amide bonds. The van der Waals surface area contributed by atoms with Crippen LogP contribution in [0.15, 0.2) is 29.3 Å². The SMILES string of the molecule is C[Si](C)(C)O[Si](C)(CCCN=C1CC(=O)c2ccccc2C1=O)O[Si](C)(C)C. The maximum absolute atomic E-state index is 12.6. The van der Waals surface area contributed by atoms with Crippen molar-refractivity contribution in [2.75, 3.05) is 6.54 Å². The Morgan fingerprint density at radius 3 is 1.96 bits per heavy atom. The van der Waals surface area contributed by atoms with Crippen molar-refractivity contribution in [3.8, 4) is 0 Å². The summed E-state index contributed by atoms with van der Waals surface area (Å²) in [5.41, 5.74) is 1.36. The zero-order valence-corrected chi connectivity index (χ0v) is 21.2. The normalized spacial score (nSPS) is 17.2. The number of hydrogen-bond acceptors (Lipinski definition) is 5. The first-order chi connectivity index (χ1) is 12.8. The van der Waals surface area contributed by atoms with Crippen LogP contribution in [-0.4, -0.2) is 49.0 Å². The van der Waals surface area contributed by atoms with Crippen LogP contribution in [0.3, 0.4) is 0 Å². The highest BCUT2D eigenvalue weighted by molar-refractivity contribution is 6.87. The molecule has 0 unspecified atom stereocenters. The Kier molecular flexibility index (Phi) is 7.14. The van der Waals surface area contributed by atoms with Crippen LogP contribution in [0.5, 0.6) is 0 Å². The van der Waals surface area contributed by atoms with Gasteiger partial charge in [-0.3, -0.25) is 14.6 Å². The molecular formula is C20H33NO4Si3. The Bertz CT molecular complexity index is 762. The summed E-state index contributed by atoms with van der Waals surface area (Å²) in [7, 11) is -5.73.